The molecule has 0 saturated heterocycles. The van der Waals surface area contributed by atoms with E-state index >= 15 is 0 Å². The Bertz CT molecular complexity index is 347. The summed E-state index contributed by atoms with van der Waals surface area (Å²) in [4.78, 5) is 12.7. The van der Waals surface area contributed by atoms with Crippen LogP contribution in [0.5, 0.6) is 0 Å². The van der Waals surface area contributed by atoms with Crippen LogP contribution in [-0.4, -0.2) is 5.78 Å². The quantitative estimate of drug-likeness (QED) is 0.438. The van der Waals surface area contributed by atoms with Gasteiger partial charge in [0.05, 0.1) is 9.35 Å². The normalized spacial score (nSPS) is 10.7. The van der Waals surface area contributed by atoms with Crippen LogP contribution >= 0.6 is 43.2 Å². The lowest BCUT2D eigenvalue weighted by molar-refractivity contribution is 0.0982. The van der Waals surface area contributed by atoms with E-state index in [1.807, 2.05) is 5.38 Å². The molecular weight excluding hydrogens is 352 g/mol. The van der Waals surface area contributed by atoms with Gasteiger partial charge in [0, 0.05) is 16.3 Å². The zero-order chi connectivity index (χ0) is 12.0. The molecule has 0 saturated carbocycles. The SMILES string of the molecule is CCCCCCCC(=O)c1scc(Br)c1Br. The molecule has 1 rings (SSSR count). The summed E-state index contributed by atoms with van der Waals surface area (Å²) < 4.78 is 1.89. The second-order valence-corrected chi connectivity index (χ2v) is 6.34. The number of rotatable bonds is 7. The molecule has 0 aliphatic carbocycles. The van der Waals surface area contributed by atoms with Crippen LogP contribution in [0.1, 0.15) is 55.1 Å². The Hall–Kier alpha value is 0.330. The van der Waals surface area contributed by atoms with Crippen molar-refractivity contribution < 1.29 is 4.79 Å². The Morgan fingerprint density at radius 1 is 1.25 bits per heavy atom. The standard InChI is InChI=1S/C12H16Br2OS/c1-2-3-4-5-6-7-10(15)12-11(14)9(13)8-16-12/h8H,2-7H2,1H3. The third-order valence-corrected chi connectivity index (χ3v) is 6.02. The van der Waals surface area contributed by atoms with E-state index in [0.717, 1.165) is 20.2 Å². The monoisotopic (exact) mass is 366 g/mol. The van der Waals surface area contributed by atoms with Crippen LogP contribution in [0, 0.1) is 0 Å². The Kier molecular flexibility index (Phi) is 6.85. The van der Waals surface area contributed by atoms with Gasteiger partial charge in [-0.1, -0.05) is 32.6 Å². The zero-order valence-corrected chi connectivity index (χ0v) is 13.4. The number of unbranched alkanes of at least 4 members (excludes halogenated alkanes) is 4. The van der Waals surface area contributed by atoms with Gasteiger partial charge in [0.25, 0.3) is 0 Å². The first-order chi connectivity index (χ1) is 7.66. The third kappa shape index (κ3) is 4.30. The van der Waals surface area contributed by atoms with Crippen molar-refractivity contribution in [2.24, 2.45) is 0 Å². The number of Topliss-reactive ketones (excluding diaryl/α,β-unsaturated/α-hetero) is 1. The van der Waals surface area contributed by atoms with Crippen molar-refractivity contribution in [2.75, 3.05) is 0 Å². The Morgan fingerprint density at radius 2 is 1.94 bits per heavy atom. The van der Waals surface area contributed by atoms with Gasteiger partial charge >= 0.3 is 0 Å². The van der Waals surface area contributed by atoms with Gasteiger partial charge in [-0.05, 0) is 38.3 Å². The van der Waals surface area contributed by atoms with Crippen molar-refractivity contribution in [3.05, 3.63) is 19.2 Å². The van der Waals surface area contributed by atoms with Crippen LogP contribution < -0.4 is 0 Å². The van der Waals surface area contributed by atoms with Crippen molar-refractivity contribution in [3.63, 3.8) is 0 Å². The molecule has 0 N–H and O–H groups in total. The highest BCUT2D eigenvalue weighted by molar-refractivity contribution is 9.13. The van der Waals surface area contributed by atoms with Crippen LogP contribution in [0.4, 0.5) is 0 Å². The molecule has 0 bridgehead atoms. The maximum Gasteiger partial charge on any atom is 0.173 e. The number of hydrogen-bond donors (Lipinski definition) is 0. The number of halogens is 2. The molecule has 90 valence electrons. The highest BCUT2D eigenvalue weighted by Crippen LogP contribution is 2.33. The number of carbonyl (C=O) groups excluding carboxylic acids is 1. The molecule has 1 nitrogen and oxygen atoms in total. The maximum absolute atomic E-state index is 11.9. The van der Waals surface area contributed by atoms with Gasteiger partial charge in [0.15, 0.2) is 5.78 Å². The molecule has 0 fully saturated rings. The molecule has 0 aliphatic rings. The number of ketones is 1. The minimum Gasteiger partial charge on any atom is -0.293 e. The van der Waals surface area contributed by atoms with E-state index < -0.39 is 0 Å². The Balaban J connectivity index is 2.33. The molecule has 0 aliphatic heterocycles. The first-order valence-electron chi connectivity index (χ1n) is 5.62. The van der Waals surface area contributed by atoms with Crippen LogP contribution in [-0.2, 0) is 0 Å². The summed E-state index contributed by atoms with van der Waals surface area (Å²) in [6.07, 6.45) is 6.64. The lowest BCUT2D eigenvalue weighted by Crippen LogP contribution is -1.96. The van der Waals surface area contributed by atoms with Gasteiger partial charge < -0.3 is 0 Å². The molecule has 1 aromatic heterocycles. The molecule has 0 atom stereocenters. The van der Waals surface area contributed by atoms with Gasteiger partial charge in [-0.25, -0.2) is 0 Å². The lowest BCUT2D eigenvalue weighted by atomic mass is 10.1. The van der Waals surface area contributed by atoms with Crippen LogP contribution in [0.15, 0.2) is 14.3 Å². The minimum absolute atomic E-state index is 0.263. The second kappa shape index (κ2) is 7.62. The van der Waals surface area contributed by atoms with E-state index in [-0.39, 0.29) is 5.78 Å². The van der Waals surface area contributed by atoms with E-state index in [0.29, 0.717) is 6.42 Å². The smallest absolute Gasteiger partial charge is 0.173 e. The summed E-state index contributed by atoms with van der Waals surface area (Å²) >= 11 is 8.33. The van der Waals surface area contributed by atoms with Gasteiger partial charge in [-0.15, -0.1) is 11.3 Å². The first kappa shape index (κ1) is 14.4. The fourth-order valence-electron chi connectivity index (χ4n) is 1.51. The highest BCUT2D eigenvalue weighted by Gasteiger charge is 2.14. The highest BCUT2D eigenvalue weighted by atomic mass is 79.9. The van der Waals surface area contributed by atoms with Crippen molar-refractivity contribution in [3.8, 4) is 0 Å². The molecule has 0 spiro atoms. The molecule has 0 aromatic carbocycles. The lowest BCUT2D eigenvalue weighted by Gasteiger charge is -2.00. The Labute approximate surface area is 118 Å². The second-order valence-electron chi connectivity index (χ2n) is 3.81. The maximum atomic E-state index is 11.9. The number of hydrogen-bond acceptors (Lipinski definition) is 2. The fraction of sp³-hybridized carbons (Fsp3) is 0.583. The number of thiophene rings is 1. The molecule has 16 heavy (non-hydrogen) atoms. The summed E-state index contributed by atoms with van der Waals surface area (Å²) in [7, 11) is 0. The predicted octanol–water partition coefficient (Wildman–Crippen LogP) is 5.82. The third-order valence-electron chi connectivity index (χ3n) is 2.45. The van der Waals surface area contributed by atoms with Crippen LogP contribution in [0.25, 0.3) is 0 Å². The average Bonchev–Trinajstić information content (AvgIpc) is 2.59. The summed E-state index contributed by atoms with van der Waals surface area (Å²) in [5.41, 5.74) is 0. The molecule has 1 heterocycles. The summed E-state index contributed by atoms with van der Waals surface area (Å²) in [6, 6.07) is 0. The van der Waals surface area contributed by atoms with E-state index in [1.54, 1.807) is 0 Å². The van der Waals surface area contributed by atoms with Gasteiger partial charge in [-0.2, -0.15) is 0 Å². The first-order valence-corrected chi connectivity index (χ1v) is 8.09. The largest absolute Gasteiger partial charge is 0.293 e. The molecular formula is C12H16Br2OS. The van der Waals surface area contributed by atoms with Crippen LogP contribution in [0.2, 0.25) is 0 Å². The summed E-state index contributed by atoms with van der Waals surface area (Å²) in [6.45, 7) is 2.20. The molecule has 4 heteroatoms. The molecule has 0 amide bonds. The van der Waals surface area contributed by atoms with E-state index in [4.69, 9.17) is 0 Å². The average molecular weight is 368 g/mol. The van der Waals surface area contributed by atoms with E-state index in [2.05, 4.69) is 38.8 Å². The van der Waals surface area contributed by atoms with Crippen LogP contribution in [0.3, 0.4) is 0 Å². The summed E-state index contributed by atoms with van der Waals surface area (Å²) in [5.74, 6) is 0.263. The van der Waals surface area contributed by atoms with Crippen molar-refractivity contribution in [2.45, 2.75) is 45.4 Å². The van der Waals surface area contributed by atoms with Gasteiger partial charge in [0.2, 0.25) is 0 Å². The molecule has 0 radical (unpaired) electrons. The Morgan fingerprint density at radius 3 is 2.50 bits per heavy atom. The van der Waals surface area contributed by atoms with Crippen molar-refractivity contribution >= 4 is 49.0 Å². The molecule has 1 aromatic rings. The minimum atomic E-state index is 0.263. The van der Waals surface area contributed by atoms with E-state index in [9.17, 15) is 4.79 Å². The topological polar surface area (TPSA) is 17.1 Å². The van der Waals surface area contributed by atoms with Crippen molar-refractivity contribution in [1.29, 1.82) is 0 Å². The molecule has 0 unspecified atom stereocenters. The fourth-order valence-corrected chi connectivity index (χ4v) is 3.68. The summed E-state index contributed by atoms with van der Waals surface area (Å²) in [5, 5.41) is 1.95. The van der Waals surface area contributed by atoms with Gasteiger partial charge in [0.1, 0.15) is 0 Å². The van der Waals surface area contributed by atoms with E-state index in [1.165, 1.54) is 37.0 Å². The van der Waals surface area contributed by atoms with Crippen molar-refractivity contribution in [1.82, 2.24) is 0 Å². The number of carbonyl (C=O) groups is 1. The van der Waals surface area contributed by atoms with Gasteiger partial charge in [-0.3, -0.25) is 4.79 Å². The zero-order valence-electron chi connectivity index (χ0n) is 9.39. The predicted molar refractivity (Wildman–Crippen MR) is 77.4 cm³/mol.